The van der Waals surface area contributed by atoms with E-state index in [4.69, 9.17) is 16.3 Å². The van der Waals surface area contributed by atoms with E-state index in [0.29, 0.717) is 36.0 Å². The number of benzene rings is 2. The number of ether oxygens (including phenoxy) is 1. The molecule has 2 atom stereocenters. The highest BCUT2D eigenvalue weighted by Crippen LogP contribution is 2.39. The van der Waals surface area contributed by atoms with Gasteiger partial charge in [0.25, 0.3) is 0 Å². The number of amides is 2. The van der Waals surface area contributed by atoms with E-state index < -0.39 is 0 Å². The monoisotopic (exact) mass is 386 g/mol. The maximum Gasteiger partial charge on any atom is 0.228 e. The lowest BCUT2D eigenvalue weighted by Gasteiger charge is -2.09. The van der Waals surface area contributed by atoms with E-state index in [2.05, 4.69) is 10.6 Å². The van der Waals surface area contributed by atoms with Crippen molar-refractivity contribution in [2.45, 2.75) is 26.4 Å². The first-order valence-corrected chi connectivity index (χ1v) is 9.50. The van der Waals surface area contributed by atoms with Crippen molar-refractivity contribution < 1.29 is 14.3 Å². The van der Waals surface area contributed by atoms with Gasteiger partial charge in [-0.05, 0) is 54.8 Å². The molecule has 1 aliphatic rings. The Morgan fingerprint density at radius 1 is 1.04 bits per heavy atom. The quantitative estimate of drug-likeness (QED) is 0.720. The maximum atomic E-state index is 12.3. The second kappa shape index (κ2) is 8.91. The van der Waals surface area contributed by atoms with Crippen LogP contribution in [0, 0.1) is 11.8 Å². The minimum atomic E-state index is -0.234. The Labute approximate surface area is 164 Å². The predicted molar refractivity (Wildman–Crippen MR) is 106 cm³/mol. The molecule has 1 saturated carbocycles. The second-order valence-corrected chi connectivity index (χ2v) is 7.10. The van der Waals surface area contributed by atoms with Gasteiger partial charge in [-0.15, -0.1) is 0 Å². The minimum absolute atomic E-state index is 0.0250. The fraction of sp³-hybridized carbons (Fsp3) is 0.333. The third-order valence-corrected chi connectivity index (χ3v) is 4.71. The van der Waals surface area contributed by atoms with Crippen LogP contribution in [0.25, 0.3) is 0 Å². The van der Waals surface area contributed by atoms with E-state index in [1.807, 2.05) is 43.3 Å². The molecule has 0 saturated heterocycles. The number of halogens is 1. The Morgan fingerprint density at radius 2 is 1.70 bits per heavy atom. The SMILES string of the molecule is CCCNC(=O)C1CC1C(=O)Nc1ccc(OCc2ccc(Cl)cc2)cc1. The molecule has 5 nitrogen and oxygen atoms in total. The van der Waals surface area contributed by atoms with Gasteiger partial charge in [0.15, 0.2) is 0 Å². The average molecular weight is 387 g/mol. The molecule has 0 bridgehead atoms. The van der Waals surface area contributed by atoms with Crippen LogP contribution in [-0.4, -0.2) is 18.4 Å². The molecule has 0 aromatic heterocycles. The number of hydrogen-bond acceptors (Lipinski definition) is 3. The summed E-state index contributed by atoms with van der Waals surface area (Å²) >= 11 is 5.87. The lowest BCUT2D eigenvalue weighted by Crippen LogP contribution is -2.27. The van der Waals surface area contributed by atoms with Crippen LogP contribution < -0.4 is 15.4 Å². The zero-order valence-corrected chi connectivity index (χ0v) is 16.0. The summed E-state index contributed by atoms with van der Waals surface area (Å²) in [5, 5.41) is 6.40. The van der Waals surface area contributed by atoms with Crippen molar-refractivity contribution in [1.82, 2.24) is 5.32 Å². The maximum absolute atomic E-state index is 12.3. The molecule has 1 aliphatic carbocycles. The van der Waals surface area contributed by atoms with Gasteiger partial charge < -0.3 is 15.4 Å². The number of anilines is 1. The van der Waals surface area contributed by atoms with E-state index in [1.54, 1.807) is 12.1 Å². The molecule has 2 unspecified atom stereocenters. The number of carbonyl (C=O) groups is 2. The normalized spacial score (nSPS) is 17.9. The van der Waals surface area contributed by atoms with E-state index in [9.17, 15) is 9.59 Å². The number of carbonyl (C=O) groups excluding carboxylic acids is 2. The smallest absolute Gasteiger partial charge is 0.228 e. The third kappa shape index (κ3) is 5.47. The Bertz CT molecular complexity index is 790. The highest BCUT2D eigenvalue weighted by molar-refractivity contribution is 6.30. The fourth-order valence-corrected chi connectivity index (χ4v) is 2.90. The van der Waals surface area contributed by atoms with Crippen LogP contribution in [0.4, 0.5) is 5.69 Å². The Morgan fingerprint density at radius 3 is 2.37 bits per heavy atom. The Kier molecular flexibility index (Phi) is 6.35. The molecule has 2 aromatic carbocycles. The van der Waals surface area contributed by atoms with Crippen LogP contribution in [0.2, 0.25) is 5.02 Å². The lowest BCUT2D eigenvalue weighted by molar-refractivity contribution is -0.125. The second-order valence-electron chi connectivity index (χ2n) is 6.67. The molecule has 142 valence electrons. The van der Waals surface area contributed by atoms with Crippen molar-refractivity contribution in [2.24, 2.45) is 11.8 Å². The van der Waals surface area contributed by atoms with Gasteiger partial charge in [0, 0.05) is 17.3 Å². The molecule has 0 radical (unpaired) electrons. The molecule has 6 heteroatoms. The highest BCUT2D eigenvalue weighted by atomic mass is 35.5. The van der Waals surface area contributed by atoms with E-state index in [1.165, 1.54) is 0 Å². The summed E-state index contributed by atoms with van der Waals surface area (Å²) in [6.45, 7) is 3.10. The first-order chi connectivity index (χ1) is 13.1. The van der Waals surface area contributed by atoms with Gasteiger partial charge in [-0.25, -0.2) is 0 Å². The topological polar surface area (TPSA) is 67.4 Å². The van der Waals surface area contributed by atoms with Gasteiger partial charge in [0.1, 0.15) is 12.4 Å². The predicted octanol–water partition coefficient (Wildman–Crippen LogP) is 4.02. The summed E-state index contributed by atoms with van der Waals surface area (Å²) in [6.07, 6.45) is 1.51. The van der Waals surface area contributed by atoms with Crippen LogP contribution in [0.1, 0.15) is 25.3 Å². The molecule has 2 amide bonds. The summed E-state index contributed by atoms with van der Waals surface area (Å²) in [5.74, 6) is 0.150. The van der Waals surface area contributed by atoms with Crippen molar-refractivity contribution >= 4 is 29.1 Å². The first-order valence-electron chi connectivity index (χ1n) is 9.12. The van der Waals surface area contributed by atoms with Crippen LogP contribution in [0.15, 0.2) is 48.5 Å². The van der Waals surface area contributed by atoms with Gasteiger partial charge in [-0.2, -0.15) is 0 Å². The molecule has 3 rings (SSSR count). The molecule has 2 N–H and O–H groups in total. The van der Waals surface area contributed by atoms with E-state index in [-0.39, 0.29) is 23.7 Å². The average Bonchev–Trinajstić information content (AvgIpc) is 3.48. The molecule has 0 spiro atoms. The number of hydrogen-bond donors (Lipinski definition) is 2. The van der Waals surface area contributed by atoms with E-state index >= 15 is 0 Å². The van der Waals surface area contributed by atoms with E-state index in [0.717, 1.165) is 12.0 Å². The van der Waals surface area contributed by atoms with Crippen LogP contribution in [-0.2, 0) is 16.2 Å². The van der Waals surface area contributed by atoms with Crippen LogP contribution in [0.5, 0.6) is 5.75 Å². The van der Waals surface area contributed by atoms with Crippen LogP contribution >= 0.6 is 11.6 Å². The molecule has 1 fully saturated rings. The number of nitrogens with one attached hydrogen (secondary N) is 2. The summed E-state index contributed by atoms with van der Waals surface area (Å²) in [7, 11) is 0. The third-order valence-electron chi connectivity index (χ3n) is 4.45. The van der Waals surface area contributed by atoms with Crippen molar-refractivity contribution in [3.8, 4) is 5.75 Å². The molecule has 2 aromatic rings. The van der Waals surface area contributed by atoms with Crippen molar-refractivity contribution in [1.29, 1.82) is 0 Å². The van der Waals surface area contributed by atoms with Gasteiger partial charge in [0.2, 0.25) is 11.8 Å². The summed E-state index contributed by atoms with van der Waals surface area (Å²) < 4.78 is 5.73. The Hall–Kier alpha value is -2.53. The minimum Gasteiger partial charge on any atom is -0.489 e. The largest absolute Gasteiger partial charge is 0.489 e. The summed E-state index contributed by atoms with van der Waals surface area (Å²) in [5.41, 5.74) is 1.72. The zero-order chi connectivity index (χ0) is 19.2. The fourth-order valence-electron chi connectivity index (χ4n) is 2.77. The Balaban J connectivity index is 1.46. The lowest BCUT2D eigenvalue weighted by atomic mass is 10.2. The molecule has 0 heterocycles. The molecule has 0 aliphatic heterocycles. The van der Waals surface area contributed by atoms with Gasteiger partial charge in [-0.3, -0.25) is 9.59 Å². The zero-order valence-electron chi connectivity index (χ0n) is 15.2. The highest BCUT2D eigenvalue weighted by Gasteiger charge is 2.47. The van der Waals surface area contributed by atoms with Gasteiger partial charge in [-0.1, -0.05) is 30.7 Å². The molecular weight excluding hydrogens is 364 g/mol. The number of rotatable bonds is 8. The summed E-state index contributed by atoms with van der Waals surface area (Å²) in [6, 6.07) is 14.7. The standard InChI is InChI=1S/C21H23ClN2O3/c1-2-11-23-20(25)18-12-19(18)21(26)24-16-7-9-17(10-8-16)27-13-14-3-5-15(22)6-4-14/h3-10,18-19H,2,11-13H2,1H3,(H,23,25)(H,24,26). The van der Waals surface area contributed by atoms with Gasteiger partial charge >= 0.3 is 0 Å². The first kappa shape index (κ1) is 19.2. The van der Waals surface area contributed by atoms with Crippen molar-refractivity contribution in [2.75, 3.05) is 11.9 Å². The van der Waals surface area contributed by atoms with Crippen molar-refractivity contribution in [3.05, 3.63) is 59.1 Å². The van der Waals surface area contributed by atoms with Crippen LogP contribution in [0.3, 0.4) is 0 Å². The molecular formula is C21H23ClN2O3. The molecule has 27 heavy (non-hydrogen) atoms. The van der Waals surface area contributed by atoms with Crippen molar-refractivity contribution in [3.63, 3.8) is 0 Å². The summed E-state index contributed by atoms with van der Waals surface area (Å²) in [4.78, 5) is 24.1. The van der Waals surface area contributed by atoms with Gasteiger partial charge in [0.05, 0.1) is 11.8 Å².